The Bertz CT molecular complexity index is 1130. The summed E-state index contributed by atoms with van der Waals surface area (Å²) < 4.78 is 2.51. The summed E-state index contributed by atoms with van der Waals surface area (Å²) in [5, 5.41) is 6.22. The molecule has 0 saturated carbocycles. The normalized spacial score (nSPS) is 20.5. The molecule has 1 aliphatic carbocycles. The lowest BCUT2D eigenvalue weighted by atomic mass is 9.89. The van der Waals surface area contributed by atoms with Gasteiger partial charge in [0.05, 0.1) is 25.0 Å². The maximum Gasteiger partial charge on any atom is 0.295 e. The summed E-state index contributed by atoms with van der Waals surface area (Å²) in [5.41, 5.74) is 9.23. The molecule has 2 atom stereocenters. The summed E-state index contributed by atoms with van der Waals surface area (Å²) in [6, 6.07) is 14.6. The van der Waals surface area contributed by atoms with Gasteiger partial charge in [0.25, 0.3) is 5.91 Å². The molecule has 0 fully saturated rings. The molecule has 154 valence electrons. The number of fused-ring (bicyclic) bond motifs is 3. The summed E-state index contributed by atoms with van der Waals surface area (Å²) in [4.78, 5) is 13.9. The molecule has 3 aromatic rings. The first kappa shape index (κ1) is 19.3. The first-order valence-electron chi connectivity index (χ1n) is 10.6. The van der Waals surface area contributed by atoms with Crippen molar-refractivity contribution in [2.75, 3.05) is 13.1 Å². The van der Waals surface area contributed by atoms with E-state index < -0.39 is 0 Å². The van der Waals surface area contributed by atoms with Gasteiger partial charge in [-0.15, -0.1) is 0 Å². The zero-order valence-corrected chi connectivity index (χ0v) is 17.9. The van der Waals surface area contributed by atoms with Gasteiger partial charge in [0.2, 0.25) is 0 Å². The van der Waals surface area contributed by atoms with Gasteiger partial charge in [0, 0.05) is 22.3 Å². The molecule has 0 saturated heterocycles. The van der Waals surface area contributed by atoms with E-state index in [0.29, 0.717) is 17.6 Å². The molecule has 2 aromatic carbocycles. The molecule has 30 heavy (non-hydrogen) atoms. The zero-order valence-electron chi connectivity index (χ0n) is 17.1. The van der Waals surface area contributed by atoms with Gasteiger partial charge >= 0.3 is 0 Å². The van der Waals surface area contributed by atoms with Gasteiger partial charge in [-0.1, -0.05) is 35.4 Å². The molecule has 0 radical (unpaired) electrons. The highest BCUT2D eigenvalue weighted by Gasteiger charge is 2.38. The van der Waals surface area contributed by atoms with E-state index in [-0.39, 0.29) is 5.91 Å². The highest BCUT2D eigenvalue weighted by molar-refractivity contribution is 6.30. The lowest BCUT2D eigenvalue weighted by Gasteiger charge is -2.36. The minimum atomic E-state index is -0.0391. The monoisotopic (exact) mass is 421 g/mol. The van der Waals surface area contributed by atoms with Crippen LogP contribution in [0.25, 0.3) is 10.9 Å². The quantitative estimate of drug-likeness (QED) is 0.493. The van der Waals surface area contributed by atoms with E-state index in [1.54, 1.807) is 6.21 Å². The number of hydrazone groups is 1. The van der Waals surface area contributed by atoms with Crippen molar-refractivity contribution < 1.29 is 9.69 Å². The van der Waals surface area contributed by atoms with E-state index in [1.165, 1.54) is 39.0 Å². The van der Waals surface area contributed by atoms with Crippen LogP contribution in [0, 0.1) is 6.92 Å². The standard InChI is InChI=1S/C24H25ClN4O/c1-16-5-10-21-20(13-16)19-3-2-4-22-24(19)29(21)12-11-28(22)15-23(30)27-26-14-17-6-8-18(25)9-7-17/h5-10,13-14,22H,2-4,11-12,15H2,1H3,(H,27,30)/p+1/t22-/m1/s1. The summed E-state index contributed by atoms with van der Waals surface area (Å²) >= 11 is 5.90. The summed E-state index contributed by atoms with van der Waals surface area (Å²) in [6.45, 7) is 4.53. The summed E-state index contributed by atoms with van der Waals surface area (Å²) in [5.74, 6) is -0.0391. The van der Waals surface area contributed by atoms with Crippen LogP contribution in [0.15, 0.2) is 47.6 Å². The number of aryl methyl sites for hydroxylation is 2. The minimum Gasteiger partial charge on any atom is -0.334 e. The maximum atomic E-state index is 12.6. The second-order valence-corrected chi connectivity index (χ2v) is 8.85. The maximum absolute atomic E-state index is 12.6. The number of halogens is 1. The van der Waals surface area contributed by atoms with Gasteiger partial charge in [-0.2, -0.15) is 5.10 Å². The fraction of sp³-hybridized carbons (Fsp3) is 0.333. The molecule has 2 aliphatic rings. The third kappa shape index (κ3) is 3.53. The van der Waals surface area contributed by atoms with Gasteiger partial charge in [0.15, 0.2) is 6.54 Å². The molecule has 2 N–H and O–H groups in total. The fourth-order valence-electron chi connectivity index (χ4n) is 5.09. The SMILES string of the molecule is Cc1ccc2c(c1)c1c3n2CC[NH+](CC(=O)NN=Cc2ccc(Cl)cc2)[C@@H]3CCC1. The average molecular weight is 422 g/mol. The molecular formula is C24H26ClN4O+. The fourth-order valence-corrected chi connectivity index (χ4v) is 5.22. The Morgan fingerprint density at radius 2 is 2.13 bits per heavy atom. The Balaban J connectivity index is 1.32. The van der Waals surface area contributed by atoms with Crippen LogP contribution in [0.4, 0.5) is 0 Å². The average Bonchev–Trinajstić information content (AvgIpc) is 3.06. The third-order valence-corrected chi connectivity index (χ3v) is 6.68. The predicted molar refractivity (Wildman–Crippen MR) is 120 cm³/mol. The van der Waals surface area contributed by atoms with E-state index in [9.17, 15) is 4.79 Å². The van der Waals surface area contributed by atoms with Crippen LogP contribution < -0.4 is 10.3 Å². The Morgan fingerprint density at radius 3 is 2.97 bits per heavy atom. The Hall–Kier alpha value is -2.63. The van der Waals surface area contributed by atoms with Crippen molar-refractivity contribution in [2.24, 2.45) is 5.10 Å². The van der Waals surface area contributed by atoms with Crippen LogP contribution in [0.1, 0.15) is 41.3 Å². The molecule has 1 aliphatic heterocycles. The molecule has 1 amide bonds. The van der Waals surface area contributed by atoms with E-state index in [2.05, 4.69) is 40.2 Å². The highest BCUT2D eigenvalue weighted by atomic mass is 35.5. The van der Waals surface area contributed by atoms with Crippen molar-refractivity contribution in [3.8, 4) is 0 Å². The van der Waals surface area contributed by atoms with Crippen molar-refractivity contribution in [1.29, 1.82) is 0 Å². The second kappa shape index (κ2) is 7.89. The Kier molecular flexibility index (Phi) is 5.09. The van der Waals surface area contributed by atoms with Crippen molar-refractivity contribution in [1.82, 2.24) is 9.99 Å². The van der Waals surface area contributed by atoms with Crippen molar-refractivity contribution >= 4 is 34.6 Å². The molecule has 1 unspecified atom stereocenters. The van der Waals surface area contributed by atoms with Crippen LogP contribution in [-0.4, -0.2) is 29.8 Å². The van der Waals surface area contributed by atoms with Crippen LogP contribution >= 0.6 is 11.6 Å². The number of hydrogen-bond donors (Lipinski definition) is 2. The minimum absolute atomic E-state index is 0.0391. The number of nitrogens with one attached hydrogen (secondary N) is 2. The number of carbonyl (C=O) groups is 1. The van der Waals surface area contributed by atoms with Gasteiger partial charge in [-0.3, -0.25) is 4.79 Å². The summed E-state index contributed by atoms with van der Waals surface area (Å²) in [6.07, 6.45) is 5.12. The number of benzene rings is 2. The first-order valence-corrected chi connectivity index (χ1v) is 11.0. The van der Waals surface area contributed by atoms with E-state index >= 15 is 0 Å². The van der Waals surface area contributed by atoms with Crippen LogP contribution in [0.2, 0.25) is 5.02 Å². The molecule has 5 rings (SSSR count). The number of nitrogens with zero attached hydrogens (tertiary/aromatic N) is 2. The topological polar surface area (TPSA) is 50.8 Å². The van der Waals surface area contributed by atoms with Crippen LogP contribution in [0.5, 0.6) is 0 Å². The van der Waals surface area contributed by atoms with Crippen LogP contribution in [-0.2, 0) is 17.8 Å². The lowest BCUT2D eigenvalue weighted by molar-refractivity contribution is -0.929. The highest BCUT2D eigenvalue weighted by Crippen LogP contribution is 2.37. The van der Waals surface area contributed by atoms with Crippen molar-refractivity contribution in [3.05, 3.63) is 69.9 Å². The van der Waals surface area contributed by atoms with Crippen molar-refractivity contribution in [3.63, 3.8) is 0 Å². The lowest BCUT2D eigenvalue weighted by Crippen LogP contribution is -3.14. The van der Waals surface area contributed by atoms with E-state index in [0.717, 1.165) is 31.5 Å². The second-order valence-electron chi connectivity index (χ2n) is 8.41. The predicted octanol–water partition coefficient (Wildman–Crippen LogP) is 3.03. The van der Waals surface area contributed by atoms with Crippen molar-refractivity contribution in [2.45, 2.75) is 38.8 Å². The number of aromatic nitrogens is 1. The number of rotatable bonds is 4. The molecule has 0 bridgehead atoms. The number of quaternary nitrogens is 1. The molecule has 0 spiro atoms. The molecule has 1 aromatic heterocycles. The Morgan fingerprint density at radius 1 is 1.30 bits per heavy atom. The number of amides is 1. The molecular weight excluding hydrogens is 396 g/mol. The van der Waals surface area contributed by atoms with E-state index in [4.69, 9.17) is 11.6 Å². The number of hydrogen-bond acceptors (Lipinski definition) is 2. The third-order valence-electron chi connectivity index (χ3n) is 6.43. The molecule has 6 heteroatoms. The first-order chi connectivity index (χ1) is 14.6. The largest absolute Gasteiger partial charge is 0.334 e. The van der Waals surface area contributed by atoms with Gasteiger partial charge in [-0.25, -0.2) is 5.43 Å². The molecule has 2 heterocycles. The van der Waals surface area contributed by atoms with Gasteiger partial charge in [0.1, 0.15) is 6.04 Å². The number of carbonyl (C=O) groups excluding carboxylic acids is 1. The molecule has 5 nitrogen and oxygen atoms in total. The van der Waals surface area contributed by atoms with Gasteiger partial charge < -0.3 is 9.47 Å². The smallest absolute Gasteiger partial charge is 0.295 e. The Labute approximate surface area is 181 Å². The zero-order chi connectivity index (χ0) is 20.7. The van der Waals surface area contributed by atoms with Gasteiger partial charge in [-0.05, 0) is 55.2 Å². The summed E-state index contributed by atoms with van der Waals surface area (Å²) in [7, 11) is 0. The van der Waals surface area contributed by atoms with Crippen LogP contribution in [0.3, 0.4) is 0 Å². The van der Waals surface area contributed by atoms with E-state index in [1.807, 2.05) is 24.3 Å².